The molecule has 24 heavy (non-hydrogen) atoms. The lowest BCUT2D eigenvalue weighted by atomic mass is 10.1. The molecule has 3 N–H and O–H groups in total. The lowest BCUT2D eigenvalue weighted by Gasteiger charge is -2.09. The fourth-order valence-corrected chi connectivity index (χ4v) is 2.27. The highest BCUT2D eigenvalue weighted by Gasteiger charge is 2.17. The molecule has 0 atom stereocenters. The largest absolute Gasteiger partial charge is 0.506 e. The van der Waals surface area contributed by atoms with E-state index in [-0.39, 0.29) is 22.9 Å². The van der Waals surface area contributed by atoms with E-state index >= 15 is 0 Å². The monoisotopic (exact) mass is 322 g/mol. The molecule has 2 aromatic heterocycles. The number of amides is 1. The van der Waals surface area contributed by atoms with E-state index in [9.17, 15) is 15.0 Å². The van der Waals surface area contributed by atoms with E-state index in [1.165, 1.54) is 12.4 Å². The highest BCUT2D eigenvalue weighted by Crippen LogP contribution is 2.33. The number of fused-ring (bicyclic) bond motifs is 1. The van der Waals surface area contributed by atoms with Crippen molar-refractivity contribution in [2.75, 3.05) is 0 Å². The molecular formula is C17H14N4O3. The topological polar surface area (TPSA) is 108 Å². The number of carbonyl (C=O) groups excluding carboxylic acids is 1. The Hall–Kier alpha value is -3.48. The van der Waals surface area contributed by atoms with E-state index in [1.54, 1.807) is 43.3 Å². The van der Waals surface area contributed by atoms with Crippen molar-refractivity contribution >= 4 is 22.5 Å². The van der Waals surface area contributed by atoms with Gasteiger partial charge in [0.05, 0.1) is 11.2 Å². The number of nitrogens with zero attached hydrogens (tertiary/aromatic N) is 3. The fourth-order valence-electron chi connectivity index (χ4n) is 2.27. The Morgan fingerprint density at radius 1 is 1.12 bits per heavy atom. The van der Waals surface area contributed by atoms with Crippen LogP contribution in [-0.4, -0.2) is 31.8 Å². The summed E-state index contributed by atoms with van der Waals surface area (Å²) < 4.78 is 0. The second-order valence-electron chi connectivity index (χ2n) is 5.05. The first kappa shape index (κ1) is 15.4. The Balaban J connectivity index is 1.93. The summed E-state index contributed by atoms with van der Waals surface area (Å²) in [5.41, 5.74) is 3.53. The van der Waals surface area contributed by atoms with Gasteiger partial charge in [-0.05, 0) is 31.2 Å². The third-order valence-electron chi connectivity index (χ3n) is 3.48. The maximum Gasteiger partial charge on any atom is 0.271 e. The summed E-state index contributed by atoms with van der Waals surface area (Å²) in [7, 11) is 0. The number of aromatic hydroxyl groups is 2. The first-order valence-corrected chi connectivity index (χ1v) is 7.13. The molecule has 0 bridgehead atoms. The Labute approximate surface area is 137 Å². The van der Waals surface area contributed by atoms with E-state index in [0.29, 0.717) is 16.5 Å². The Bertz CT molecular complexity index is 939. The van der Waals surface area contributed by atoms with Crippen LogP contribution >= 0.6 is 0 Å². The zero-order valence-corrected chi connectivity index (χ0v) is 12.8. The van der Waals surface area contributed by atoms with E-state index < -0.39 is 5.91 Å². The molecular weight excluding hydrogens is 308 g/mol. The van der Waals surface area contributed by atoms with Crippen LogP contribution in [0.5, 0.6) is 11.6 Å². The number of aromatic nitrogens is 2. The predicted octanol–water partition coefficient (Wildman–Crippen LogP) is 2.19. The second-order valence-corrected chi connectivity index (χ2v) is 5.05. The number of nitrogens with one attached hydrogen (secondary N) is 1. The quantitative estimate of drug-likeness (QED) is 0.506. The van der Waals surface area contributed by atoms with Gasteiger partial charge in [-0.25, -0.2) is 10.4 Å². The van der Waals surface area contributed by atoms with E-state index in [2.05, 4.69) is 20.5 Å². The van der Waals surface area contributed by atoms with Crippen molar-refractivity contribution in [2.24, 2.45) is 5.10 Å². The number of benzene rings is 1. The third kappa shape index (κ3) is 2.87. The number of hydrogen-bond acceptors (Lipinski definition) is 6. The Morgan fingerprint density at radius 2 is 1.83 bits per heavy atom. The van der Waals surface area contributed by atoms with Gasteiger partial charge in [-0.1, -0.05) is 12.1 Å². The number of hydrazone groups is 1. The molecule has 0 aliphatic rings. The molecule has 7 nitrogen and oxygen atoms in total. The molecule has 0 unspecified atom stereocenters. The van der Waals surface area contributed by atoms with Crippen molar-refractivity contribution in [1.82, 2.24) is 15.4 Å². The molecule has 1 aromatic carbocycles. The van der Waals surface area contributed by atoms with Gasteiger partial charge in [-0.3, -0.25) is 9.78 Å². The maximum atomic E-state index is 12.0. The Kier molecular flexibility index (Phi) is 4.07. The van der Waals surface area contributed by atoms with Gasteiger partial charge in [0.1, 0.15) is 11.3 Å². The van der Waals surface area contributed by atoms with Crippen LogP contribution < -0.4 is 5.43 Å². The van der Waals surface area contributed by atoms with Gasteiger partial charge in [-0.2, -0.15) is 5.10 Å². The zero-order chi connectivity index (χ0) is 17.1. The lowest BCUT2D eigenvalue weighted by Crippen LogP contribution is -2.19. The second kappa shape index (κ2) is 6.33. The highest BCUT2D eigenvalue weighted by molar-refractivity contribution is 6.08. The molecule has 3 aromatic rings. The van der Waals surface area contributed by atoms with E-state index in [4.69, 9.17) is 0 Å². The maximum absolute atomic E-state index is 12.0. The zero-order valence-electron chi connectivity index (χ0n) is 12.8. The molecule has 1 amide bonds. The van der Waals surface area contributed by atoms with Crippen LogP contribution in [0, 0.1) is 0 Å². The molecule has 0 saturated carbocycles. The van der Waals surface area contributed by atoms with Crippen molar-refractivity contribution in [2.45, 2.75) is 6.92 Å². The van der Waals surface area contributed by atoms with Gasteiger partial charge in [0.2, 0.25) is 5.88 Å². The molecule has 0 fully saturated rings. The van der Waals surface area contributed by atoms with Crippen LogP contribution in [0.25, 0.3) is 10.9 Å². The predicted molar refractivity (Wildman–Crippen MR) is 89.0 cm³/mol. The SMILES string of the molecule is CC(=NNC(=O)c1ccncc1)c1c(O)nc2ccccc2c1O. The summed E-state index contributed by atoms with van der Waals surface area (Å²) in [5, 5.41) is 24.9. The third-order valence-corrected chi connectivity index (χ3v) is 3.48. The minimum absolute atomic E-state index is 0.0729. The molecule has 7 heteroatoms. The fraction of sp³-hybridized carbons (Fsp3) is 0.0588. The molecule has 0 radical (unpaired) electrons. The molecule has 0 spiro atoms. The number of rotatable bonds is 3. The van der Waals surface area contributed by atoms with Crippen molar-refractivity contribution < 1.29 is 15.0 Å². The minimum Gasteiger partial charge on any atom is -0.506 e. The van der Waals surface area contributed by atoms with Gasteiger partial charge in [0.15, 0.2) is 0 Å². The molecule has 120 valence electrons. The van der Waals surface area contributed by atoms with Crippen molar-refractivity contribution in [3.63, 3.8) is 0 Å². The van der Waals surface area contributed by atoms with Crippen LogP contribution in [0.1, 0.15) is 22.8 Å². The van der Waals surface area contributed by atoms with Gasteiger partial charge in [-0.15, -0.1) is 0 Å². The standard InChI is InChI=1S/C17H14N4O3/c1-10(20-21-16(23)11-6-8-18-9-7-11)14-15(22)12-4-2-3-5-13(12)19-17(14)24/h2-9H,1H3,(H,21,23)(H2,19,22,24). The molecule has 0 aliphatic carbocycles. The first-order chi connectivity index (χ1) is 11.6. The van der Waals surface area contributed by atoms with Crippen LogP contribution in [0.2, 0.25) is 0 Å². The van der Waals surface area contributed by atoms with E-state index in [0.717, 1.165) is 0 Å². The summed E-state index contributed by atoms with van der Waals surface area (Å²) in [6.07, 6.45) is 2.99. The normalized spacial score (nSPS) is 11.5. The van der Waals surface area contributed by atoms with Crippen LogP contribution in [0.3, 0.4) is 0 Å². The average Bonchev–Trinajstić information content (AvgIpc) is 2.60. The summed E-state index contributed by atoms with van der Waals surface area (Å²) in [6.45, 7) is 1.55. The summed E-state index contributed by atoms with van der Waals surface area (Å²) >= 11 is 0. The van der Waals surface area contributed by atoms with Crippen molar-refractivity contribution in [1.29, 1.82) is 0 Å². The van der Waals surface area contributed by atoms with Crippen LogP contribution in [-0.2, 0) is 0 Å². The summed E-state index contributed by atoms with van der Waals surface area (Å²) in [6, 6.07) is 9.96. The van der Waals surface area contributed by atoms with Crippen LogP contribution in [0.15, 0.2) is 53.9 Å². The van der Waals surface area contributed by atoms with Gasteiger partial charge in [0, 0.05) is 23.3 Å². The van der Waals surface area contributed by atoms with Gasteiger partial charge >= 0.3 is 0 Å². The van der Waals surface area contributed by atoms with Crippen LogP contribution in [0.4, 0.5) is 0 Å². The number of hydrogen-bond donors (Lipinski definition) is 3. The smallest absolute Gasteiger partial charge is 0.271 e. The summed E-state index contributed by atoms with van der Waals surface area (Å²) in [4.78, 5) is 19.8. The van der Waals surface area contributed by atoms with Gasteiger partial charge in [0.25, 0.3) is 5.91 Å². The Morgan fingerprint density at radius 3 is 2.58 bits per heavy atom. The average molecular weight is 322 g/mol. The van der Waals surface area contributed by atoms with Crippen molar-refractivity contribution in [3.8, 4) is 11.6 Å². The van der Waals surface area contributed by atoms with Crippen molar-refractivity contribution in [3.05, 3.63) is 59.9 Å². The highest BCUT2D eigenvalue weighted by atomic mass is 16.3. The van der Waals surface area contributed by atoms with Gasteiger partial charge < -0.3 is 10.2 Å². The number of carbonyl (C=O) groups is 1. The molecule has 0 saturated heterocycles. The minimum atomic E-state index is -0.426. The first-order valence-electron chi connectivity index (χ1n) is 7.13. The number of para-hydroxylation sites is 1. The summed E-state index contributed by atoms with van der Waals surface area (Å²) in [5.74, 6) is -0.924. The number of pyridine rings is 2. The van der Waals surface area contributed by atoms with E-state index in [1.807, 2.05) is 0 Å². The molecule has 3 rings (SSSR count). The molecule has 2 heterocycles. The lowest BCUT2D eigenvalue weighted by molar-refractivity contribution is 0.0954. The molecule has 0 aliphatic heterocycles.